The summed E-state index contributed by atoms with van der Waals surface area (Å²) in [5.74, 6) is 0.626. The van der Waals surface area contributed by atoms with Crippen LogP contribution in [0.5, 0.6) is 0 Å². The lowest BCUT2D eigenvalue weighted by Crippen LogP contribution is -1.97. The molecule has 4 nitrogen and oxygen atoms in total. The Morgan fingerprint density at radius 3 is 3.08 bits per heavy atom. The Kier molecular flexibility index (Phi) is 2.05. The highest BCUT2D eigenvalue weighted by molar-refractivity contribution is 9.10. The zero-order chi connectivity index (χ0) is 9.42. The SMILES string of the molecule is Cn1c(CO)nc2cc(Br)cnc21. The van der Waals surface area contributed by atoms with Gasteiger partial charge < -0.3 is 9.67 Å². The third-order valence-electron chi connectivity index (χ3n) is 1.91. The molecule has 0 fully saturated rings. The van der Waals surface area contributed by atoms with Gasteiger partial charge in [-0.15, -0.1) is 0 Å². The maximum absolute atomic E-state index is 8.97. The summed E-state index contributed by atoms with van der Waals surface area (Å²) in [5.41, 5.74) is 1.58. The standard InChI is InChI=1S/C8H8BrN3O/c1-12-7(4-13)11-6-2-5(9)3-10-8(6)12/h2-3,13H,4H2,1H3. The van der Waals surface area contributed by atoms with Crippen LogP contribution in [0, 0.1) is 0 Å². The highest BCUT2D eigenvalue weighted by atomic mass is 79.9. The molecule has 2 aromatic rings. The number of nitrogens with zero attached hydrogens (tertiary/aromatic N) is 3. The molecule has 2 rings (SSSR count). The third kappa shape index (κ3) is 1.34. The molecular weight excluding hydrogens is 234 g/mol. The van der Waals surface area contributed by atoms with Gasteiger partial charge in [-0.1, -0.05) is 0 Å². The van der Waals surface area contributed by atoms with Crippen molar-refractivity contribution in [3.8, 4) is 0 Å². The molecule has 0 atom stereocenters. The van der Waals surface area contributed by atoms with Crippen LogP contribution in [0.2, 0.25) is 0 Å². The van der Waals surface area contributed by atoms with Crippen LogP contribution in [0.25, 0.3) is 11.2 Å². The molecule has 5 heteroatoms. The van der Waals surface area contributed by atoms with E-state index in [-0.39, 0.29) is 6.61 Å². The second-order valence-corrected chi connectivity index (χ2v) is 3.66. The molecule has 0 radical (unpaired) electrons. The third-order valence-corrected chi connectivity index (χ3v) is 2.34. The molecule has 0 aliphatic carbocycles. The molecule has 0 aliphatic rings. The first-order valence-electron chi connectivity index (χ1n) is 3.80. The number of hydrogen-bond donors (Lipinski definition) is 1. The van der Waals surface area contributed by atoms with Gasteiger partial charge in [0, 0.05) is 17.7 Å². The first-order valence-corrected chi connectivity index (χ1v) is 4.59. The molecule has 0 aliphatic heterocycles. The number of aliphatic hydroxyl groups excluding tert-OH is 1. The van der Waals surface area contributed by atoms with Gasteiger partial charge in [0.1, 0.15) is 17.9 Å². The van der Waals surface area contributed by atoms with Crippen molar-refractivity contribution < 1.29 is 5.11 Å². The molecular formula is C8H8BrN3O. The van der Waals surface area contributed by atoms with Gasteiger partial charge in [0.15, 0.2) is 5.65 Å². The van der Waals surface area contributed by atoms with Crippen molar-refractivity contribution in [1.82, 2.24) is 14.5 Å². The molecule has 0 spiro atoms. The maximum atomic E-state index is 8.97. The molecule has 2 heterocycles. The van der Waals surface area contributed by atoms with E-state index in [0.717, 1.165) is 15.6 Å². The number of aromatic nitrogens is 3. The van der Waals surface area contributed by atoms with E-state index in [0.29, 0.717) is 5.82 Å². The molecule has 1 N–H and O–H groups in total. The predicted octanol–water partition coefficient (Wildman–Crippen LogP) is 1.22. The number of aryl methyl sites for hydroxylation is 1. The van der Waals surface area contributed by atoms with Crippen molar-refractivity contribution in [2.24, 2.45) is 7.05 Å². The largest absolute Gasteiger partial charge is 0.388 e. The van der Waals surface area contributed by atoms with Gasteiger partial charge in [0.25, 0.3) is 0 Å². The van der Waals surface area contributed by atoms with Crippen molar-refractivity contribution in [2.45, 2.75) is 6.61 Å². The minimum absolute atomic E-state index is 0.0650. The van der Waals surface area contributed by atoms with Crippen LogP contribution in [0.3, 0.4) is 0 Å². The van der Waals surface area contributed by atoms with E-state index < -0.39 is 0 Å². The monoisotopic (exact) mass is 241 g/mol. The summed E-state index contributed by atoms with van der Waals surface area (Å²) >= 11 is 3.31. The van der Waals surface area contributed by atoms with E-state index in [4.69, 9.17) is 5.11 Å². The van der Waals surface area contributed by atoms with Gasteiger partial charge in [0.05, 0.1) is 0 Å². The first kappa shape index (κ1) is 8.65. The van der Waals surface area contributed by atoms with E-state index in [9.17, 15) is 0 Å². The molecule has 0 unspecified atom stereocenters. The quantitative estimate of drug-likeness (QED) is 0.818. The van der Waals surface area contributed by atoms with Crippen molar-refractivity contribution in [1.29, 1.82) is 0 Å². The summed E-state index contributed by atoms with van der Waals surface area (Å²) in [6.45, 7) is -0.0650. The molecule has 0 saturated heterocycles. The van der Waals surface area contributed by atoms with Crippen molar-refractivity contribution >= 4 is 27.1 Å². The van der Waals surface area contributed by atoms with E-state index in [1.54, 1.807) is 10.8 Å². The van der Waals surface area contributed by atoms with Gasteiger partial charge in [-0.05, 0) is 22.0 Å². The summed E-state index contributed by atoms with van der Waals surface area (Å²) in [4.78, 5) is 8.40. The van der Waals surface area contributed by atoms with E-state index in [1.807, 2.05) is 13.1 Å². The molecule has 0 amide bonds. The zero-order valence-corrected chi connectivity index (χ0v) is 8.61. The summed E-state index contributed by atoms with van der Waals surface area (Å²) in [5, 5.41) is 8.97. The minimum Gasteiger partial charge on any atom is -0.388 e. The Morgan fingerprint density at radius 2 is 2.38 bits per heavy atom. The summed E-state index contributed by atoms with van der Waals surface area (Å²) in [6.07, 6.45) is 1.71. The molecule has 0 saturated carbocycles. The zero-order valence-electron chi connectivity index (χ0n) is 7.03. The molecule has 2 aromatic heterocycles. The Labute approximate surface area is 83.4 Å². The van der Waals surface area contributed by atoms with Crippen molar-refractivity contribution in [3.63, 3.8) is 0 Å². The highest BCUT2D eigenvalue weighted by Gasteiger charge is 2.07. The summed E-state index contributed by atoms with van der Waals surface area (Å²) in [6, 6.07) is 1.88. The second-order valence-electron chi connectivity index (χ2n) is 2.74. The van der Waals surface area contributed by atoms with Crippen LogP contribution in [0.15, 0.2) is 16.7 Å². The first-order chi connectivity index (χ1) is 6.22. The Morgan fingerprint density at radius 1 is 1.62 bits per heavy atom. The molecule has 13 heavy (non-hydrogen) atoms. The van der Waals surface area contributed by atoms with Crippen LogP contribution < -0.4 is 0 Å². The fourth-order valence-electron chi connectivity index (χ4n) is 1.24. The highest BCUT2D eigenvalue weighted by Crippen LogP contribution is 2.17. The van der Waals surface area contributed by atoms with E-state index >= 15 is 0 Å². The van der Waals surface area contributed by atoms with Crippen molar-refractivity contribution in [3.05, 3.63) is 22.6 Å². The van der Waals surface area contributed by atoms with Crippen LogP contribution in [0.1, 0.15) is 5.82 Å². The number of imidazole rings is 1. The Hall–Kier alpha value is -0.940. The lowest BCUT2D eigenvalue weighted by atomic mass is 10.4. The van der Waals surface area contributed by atoms with Crippen LogP contribution in [0.4, 0.5) is 0 Å². The smallest absolute Gasteiger partial charge is 0.159 e. The summed E-state index contributed by atoms with van der Waals surface area (Å²) in [7, 11) is 1.84. The molecule has 0 bridgehead atoms. The van der Waals surface area contributed by atoms with E-state index in [1.165, 1.54) is 0 Å². The number of aliphatic hydroxyl groups is 1. The normalized spacial score (nSPS) is 11.0. The van der Waals surface area contributed by atoms with Gasteiger partial charge in [-0.25, -0.2) is 9.97 Å². The fourth-order valence-corrected chi connectivity index (χ4v) is 1.56. The second kappa shape index (κ2) is 3.08. The van der Waals surface area contributed by atoms with E-state index in [2.05, 4.69) is 25.9 Å². The Bertz CT molecular complexity index is 452. The summed E-state index contributed by atoms with van der Waals surface area (Å²) < 4.78 is 2.67. The van der Waals surface area contributed by atoms with Gasteiger partial charge in [-0.2, -0.15) is 0 Å². The molecule has 68 valence electrons. The number of hydrogen-bond acceptors (Lipinski definition) is 3. The fraction of sp³-hybridized carbons (Fsp3) is 0.250. The lowest BCUT2D eigenvalue weighted by molar-refractivity contribution is 0.268. The number of rotatable bonds is 1. The van der Waals surface area contributed by atoms with Gasteiger partial charge in [0.2, 0.25) is 0 Å². The lowest BCUT2D eigenvalue weighted by Gasteiger charge is -1.96. The molecule has 0 aromatic carbocycles. The number of fused-ring (bicyclic) bond motifs is 1. The average Bonchev–Trinajstić information content (AvgIpc) is 2.42. The maximum Gasteiger partial charge on any atom is 0.159 e. The number of pyridine rings is 1. The van der Waals surface area contributed by atoms with Crippen LogP contribution in [-0.4, -0.2) is 19.6 Å². The predicted molar refractivity (Wildman–Crippen MR) is 52.1 cm³/mol. The minimum atomic E-state index is -0.0650. The van der Waals surface area contributed by atoms with Gasteiger partial charge in [-0.3, -0.25) is 0 Å². The van der Waals surface area contributed by atoms with Gasteiger partial charge >= 0.3 is 0 Å². The topological polar surface area (TPSA) is 50.9 Å². The van der Waals surface area contributed by atoms with Crippen LogP contribution >= 0.6 is 15.9 Å². The van der Waals surface area contributed by atoms with Crippen LogP contribution in [-0.2, 0) is 13.7 Å². The Balaban J connectivity index is 2.76. The average molecular weight is 242 g/mol. The van der Waals surface area contributed by atoms with Crippen molar-refractivity contribution in [2.75, 3.05) is 0 Å². The number of halogens is 1.